The molecular formula is C17H19NO2. The van der Waals surface area contributed by atoms with Gasteiger partial charge in [0.15, 0.2) is 0 Å². The van der Waals surface area contributed by atoms with Gasteiger partial charge < -0.3 is 14.8 Å². The first-order chi connectivity index (χ1) is 9.85. The van der Waals surface area contributed by atoms with Crippen LogP contribution in [0, 0.1) is 0 Å². The van der Waals surface area contributed by atoms with E-state index in [1.165, 1.54) is 11.1 Å². The van der Waals surface area contributed by atoms with Crippen LogP contribution in [0.25, 0.3) is 0 Å². The van der Waals surface area contributed by atoms with Crippen LogP contribution in [-0.2, 0) is 12.8 Å². The van der Waals surface area contributed by atoms with Crippen LogP contribution in [0.1, 0.15) is 11.1 Å². The van der Waals surface area contributed by atoms with Gasteiger partial charge in [-0.05, 0) is 41.5 Å². The third-order valence-corrected chi connectivity index (χ3v) is 3.56. The molecule has 1 N–H and O–H groups in total. The molecule has 0 radical (unpaired) electrons. The Morgan fingerprint density at radius 1 is 1.15 bits per heavy atom. The summed E-state index contributed by atoms with van der Waals surface area (Å²) in [6, 6.07) is 14.4. The molecule has 0 bridgehead atoms. The van der Waals surface area contributed by atoms with Gasteiger partial charge in [0.05, 0.1) is 13.2 Å². The number of hydrogen-bond acceptors (Lipinski definition) is 3. The predicted molar refractivity (Wildman–Crippen MR) is 80.8 cm³/mol. The van der Waals surface area contributed by atoms with Crippen molar-refractivity contribution in [2.24, 2.45) is 0 Å². The van der Waals surface area contributed by atoms with Gasteiger partial charge in [0, 0.05) is 25.6 Å². The second-order valence-corrected chi connectivity index (χ2v) is 4.91. The fourth-order valence-corrected chi connectivity index (χ4v) is 2.40. The fraction of sp³-hybridized carbons (Fsp3) is 0.294. The molecule has 104 valence electrons. The average molecular weight is 269 g/mol. The van der Waals surface area contributed by atoms with E-state index in [1.54, 1.807) is 0 Å². The van der Waals surface area contributed by atoms with Crippen molar-refractivity contribution in [3.63, 3.8) is 0 Å². The number of anilines is 1. The van der Waals surface area contributed by atoms with E-state index in [1.807, 2.05) is 31.3 Å². The maximum atomic E-state index is 5.77. The number of hydrogen-bond donors (Lipinski definition) is 1. The Labute approximate surface area is 119 Å². The summed E-state index contributed by atoms with van der Waals surface area (Å²) >= 11 is 0. The molecule has 20 heavy (non-hydrogen) atoms. The Morgan fingerprint density at radius 3 is 2.80 bits per heavy atom. The standard InChI is InChI=1S/C17H19NO2/c1-18-15-3-5-16(6-4-15)19-10-8-13-2-7-17-14(12-13)9-11-20-17/h2-7,12,18H,8-11H2,1H3. The molecule has 0 aromatic heterocycles. The minimum absolute atomic E-state index is 0.693. The van der Waals surface area contributed by atoms with Crippen LogP contribution in [0.3, 0.4) is 0 Å². The van der Waals surface area contributed by atoms with E-state index in [0.29, 0.717) is 6.61 Å². The van der Waals surface area contributed by atoms with E-state index >= 15 is 0 Å². The smallest absolute Gasteiger partial charge is 0.122 e. The third-order valence-electron chi connectivity index (χ3n) is 3.56. The second kappa shape index (κ2) is 5.87. The Balaban J connectivity index is 1.54. The number of fused-ring (bicyclic) bond motifs is 1. The number of benzene rings is 2. The zero-order valence-electron chi connectivity index (χ0n) is 11.7. The quantitative estimate of drug-likeness (QED) is 0.903. The van der Waals surface area contributed by atoms with Crippen LogP contribution in [0.5, 0.6) is 11.5 Å². The van der Waals surface area contributed by atoms with Crippen LogP contribution in [0.15, 0.2) is 42.5 Å². The van der Waals surface area contributed by atoms with E-state index < -0.39 is 0 Å². The summed E-state index contributed by atoms with van der Waals surface area (Å²) in [6.07, 6.45) is 1.94. The summed E-state index contributed by atoms with van der Waals surface area (Å²) in [7, 11) is 1.91. The molecule has 3 rings (SSSR count). The molecule has 1 heterocycles. The largest absolute Gasteiger partial charge is 0.493 e. The minimum Gasteiger partial charge on any atom is -0.493 e. The Kier molecular flexibility index (Phi) is 3.77. The molecule has 0 fully saturated rings. The highest BCUT2D eigenvalue weighted by Crippen LogP contribution is 2.26. The molecule has 0 saturated carbocycles. The van der Waals surface area contributed by atoms with Gasteiger partial charge in [-0.15, -0.1) is 0 Å². The minimum atomic E-state index is 0.693. The monoisotopic (exact) mass is 269 g/mol. The first-order valence-electron chi connectivity index (χ1n) is 7.00. The van der Waals surface area contributed by atoms with Gasteiger partial charge in [0.1, 0.15) is 11.5 Å². The number of ether oxygens (including phenoxy) is 2. The maximum absolute atomic E-state index is 5.77. The third kappa shape index (κ3) is 2.87. The molecule has 0 spiro atoms. The molecule has 2 aromatic carbocycles. The van der Waals surface area contributed by atoms with Gasteiger partial charge in [0.25, 0.3) is 0 Å². The highest BCUT2D eigenvalue weighted by atomic mass is 16.5. The molecular weight excluding hydrogens is 250 g/mol. The van der Waals surface area contributed by atoms with Crippen molar-refractivity contribution < 1.29 is 9.47 Å². The maximum Gasteiger partial charge on any atom is 0.122 e. The summed E-state index contributed by atoms with van der Waals surface area (Å²) < 4.78 is 11.3. The van der Waals surface area contributed by atoms with Crippen molar-refractivity contribution in [2.45, 2.75) is 12.8 Å². The molecule has 0 amide bonds. The highest BCUT2D eigenvalue weighted by Gasteiger charge is 2.11. The van der Waals surface area contributed by atoms with Crippen LogP contribution in [0.2, 0.25) is 0 Å². The lowest BCUT2D eigenvalue weighted by atomic mass is 10.1. The van der Waals surface area contributed by atoms with Crippen LogP contribution < -0.4 is 14.8 Å². The molecule has 0 unspecified atom stereocenters. The van der Waals surface area contributed by atoms with Gasteiger partial charge in [-0.1, -0.05) is 12.1 Å². The fourth-order valence-electron chi connectivity index (χ4n) is 2.40. The van der Waals surface area contributed by atoms with E-state index in [4.69, 9.17) is 9.47 Å². The summed E-state index contributed by atoms with van der Waals surface area (Å²) in [5.74, 6) is 1.95. The topological polar surface area (TPSA) is 30.5 Å². The lowest BCUT2D eigenvalue weighted by Gasteiger charge is -2.08. The van der Waals surface area contributed by atoms with Crippen LogP contribution >= 0.6 is 0 Å². The Hall–Kier alpha value is -2.16. The van der Waals surface area contributed by atoms with Crippen molar-refractivity contribution in [3.8, 4) is 11.5 Å². The Bertz CT molecular complexity index is 578. The zero-order valence-corrected chi connectivity index (χ0v) is 11.7. The van der Waals surface area contributed by atoms with Crippen LogP contribution in [-0.4, -0.2) is 20.3 Å². The van der Waals surface area contributed by atoms with Crippen molar-refractivity contribution >= 4 is 5.69 Å². The second-order valence-electron chi connectivity index (χ2n) is 4.91. The summed E-state index contributed by atoms with van der Waals surface area (Å²) in [4.78, 5) is 0. The summed E-state index contributed by atoms with van der Waals surface area (Å²) in [5, 5.41) is 3.09. The highest BCUT2D eigenvalue weighted by molar-refractivity contribution is 5.45. The molecule has 3 heteroatoms. The van der Waals surface area contributed by atoms with Crippen molar-refractivity contribution in [1.82, 2.24) is 0 Å². The van der Waals surface area contributed by atoms with Gasteiger partial charge in [-0.2, -0.15) is 0 Å². The molecule has 3 nitrogen and oxygen atoms in total. The first-order valence-corrected chi connectivity index (χ1v) is 7.00. The lowest BCUT2D eigenvalue weighted by molar-refractivity contribution is 0.322. The van der Waals surface area contributed by atoms with E-state index in [2.05, 4.69) is 23.5 Å². The first kappa shape index (κ1) is 12.9. The van der Waals surface area contributed by atoms with E-state index in [0.717, 1.165) is 36.6 Å². The normalized spacial score (nSPS) is 12.7. The summed E-state index contributed by atoms with van der Waals surface area (Å²) in [6.45, 7) is 1.51. The van der Waals surface area contributed by atoms with E-state index in [-0.39, 0.29) is 0 Å². The summed E-state index contributed by atoms with van der Waals surface area (Å²) in [5.41, 5.74) is 3.72. The SMILES string of the molecule is CNc1ccc(OCCc2ccc3c(c2)CCO3)cc1. The predicted octanol–water partition coefficient (Wildman–Crippen LogP) is 3.28. The Morgan fingerprint density at radius 2 is 2.00 bits per heavy atom. The van der Waals surface area contributed by atoms with Crippen molar-refractivity contribution in [1.29, 1.82) is 0 Å². The number of rotatable bonds is 5. The zero-order chi connectivity index (χ0) is 13.8. The van der Waals surface area contributed by atoms with Gasteiger partial charge >= 0.3 is 0 Å². The van der Waals surface area contributed by atoms with E-state index in [9.17, 15) is 0 Å². The van der Waals surface area contributed by atoms with Crippen molar-refractivity contribution in [2.75, 3.05) is 25.6 Å². The lowest BCUT2D eigenvalue weighted by Crippen LogP contribution is -2.01. The molecule has 0 saturated heterocycles. The average Bonchev–Trinajstić information content (AvgIpc) is 2.95. The van der Waals surface area contributed by atoms with Crippen molar-refractivity contribution in [3.05, 3.63) is 53.6 Å². The van der Waals surface area contributed by atoms with Crippen LogP contribution in [0.4, 0.5) is 5.69 Å². The number of nitrogens with one attached hydrogen (secondary N) is 1. The molecule has 1 aliphatic rings. The molecule has 0 atom stereocenters. The van der Waals surface area contributed by atoms with Gasteiger partial charge in [0.2, 0.25) is 0 Å². The molecule has 1 aliphatic heterocycles. The van der Waals surface area contributed by atoms with Gasteiger partial charge in [-0.25, -0.2) is 0 Å². The molecule has 2 aromatic rings. The molecule has 0 aliphatic carbocycles. The van der Waals surface area contributed by atoms with Gasteiger partial charge in [-0.3, -0.25) is 0 Å².